The minimum absolute atomic E-state index is 0.0604. The number of hydrogen-bond donors (Lipinski definition) is 1. The number of ether oxygens (including phenoxy) is 2. The number of amides is 2. The van der Waals surface area contributed by atoms with Gasteiger partial charge in [-0.05, 0) is 55.2 Å². The fraction of sp³-hybridized carbons (Fsp3) is 0.391. The lowest BCUT2D eigenvalue weighted by molar-refractivity contribution is -0.140. The minimum atomic E-state index is -0.551. The van der Waals surface area contributed by atoms with Crippen LogP contribution >= 0.6 is 15.9 Å². The topological polar surface area (TPSA) is 67.9 Å². The van der Waals surface area contributed by atoms with Crippen molar-refractivity contribution in [2.75, 3.05) is 13.3 Å². The predicted molar refractivity (Wildman–Crippen MR) is 118 cm³/mol. The number of carbonyl (C=O) groups is 2. The third kappa shape index (κ3) is 5.75. The predicted octanol–water partition coefficient (Wildman–Crippen LogP) is 4.05. The van der Waals surface area contributed by atoms with E-state index in [0.29, 0.717) is 31.7 Å². The van der Waals surface area contributed by atoms with Gasteiger partial charge in [-0.15, -0.1) is 0 Å². The summed E-state index contributed by atoms with van der Waals surface area (Å²) in [6, 6.07) is 13.0. The molecule has 160 valence electrons. The SMILES string of the molecule is CCCNC(=O)[C@H](C)N(Cc1ccc(Br)cc1)C(=O)CCc1ccc2c(c1)OCO2. The molecule has 0 unspecified atom stereocenters. The molecule has 0 bridgehead atoms. The first-order valence-electron chi connectivity index (χ1n) is 10.2. The monoisotopic (exact) mass is 474 g/mol. The molecule has 3 rings (SSSR count). The molecule has 1 atom stereocenters. The van der Waals surface area contributed by atoms with E-state index in [4.69, 9.17) is 9.47 Å². The van der Waals surface area contributed by atoms with Crippen molar-refractivity contribution >= 4 is 27.7 Å². The van der Waals surface area contributed by atoms with Gasteiger partial charge in [-0.2, -0.15) is 0 Å². The molecular weight excluding hydrogens is 448 g/mol. The van der Waals surface area contributed by atoms with Gasteiger partial charge in [0.05, 0.1) is 0 Å². The maximum atomic E-state index is 13.1. The van der Waals surface area contributed by atoms with Crippen molar-refractivity contribution in [3.8, 4) is 11.5 Å². The van der Waals surface area contributed by atoms with Crippen LogP contribution in [0.25, 0.3) is 0 Å². The Balaban J connectivity index is 1.69. The fourth-order valence-electron chi connectivity index (χ4n) is 3.26. The highest BCUT2D eigenvalue weighted by molar-refractivity contribution is 9.10. The van der Waals surface area contributed by atoms with Crippen LogP contribution in [-0.4, -0.2) is 36.1 Å². The van der Waals surface area contributed by atoms with Crippen LogP contribution in [0.3, 0.4) is 0 Å². The Morgan fingerprint density at radius 3 is 2.53 bits per heavy atom. The molecule has 1 aliphatic heterocycles. The highest BCUT2D eigenvalue weighted by atomic mass is 79.9. The standard InChI is InChI=1S/C23H27BrN2O4/c1-3-12-25-23(28)16(2)26(14-18-4-8-19(24)9-5-18)22(27)11-7-17-6-10-20-21(13-17)30-15-29-20/h4-6,8-10,13,16H,3,7,11-12,14-15H2,1-2H3,(H,25,28)/t16-/m0/s1. The van der Waals surface area contributed by atoms with Gasteiger partial charge in [0.15, 0.2) is 11.5 Å². The normalized spacial score (nSPS) is 13.0. The van der Waals surface area contributed by atoms with E-state index in [0.717, 1.165) is 27.8 Å². The smallest absolute Gasteiger partial charge is 0.242 e. The summed E-state index contributed by atoms with van der Waals surface area (Å²) in [7, 11) is 0. The Kier molecular flexibility index (Phi) is 7.74. The number of aryl methyl sites for hydroxylation is 1. The summed E-state index contributed by atoms with van der Waals surface area (Å²) in [5.41, 5.74) is 1.98. The third-order valence-electron chi connectivity index (χ3n) is 5.05. The van der Waals surface area contributed by atoms with Crippen molar-refractivity contribution in [2.45, 2.75) is 45.7 Å². The van der Waals surface area contributed by atoms with E-state index in [-0.39, 0.29) is 18.6 Å². The quantitative estimate of drug-likeness (QED) is 0.594. The Morgan fingerprint density at radius 1 is 1.10 bits per heavy atom. The molecule has 6 nitrogen and oxygen atoms in total. The van der Waals surface area contributed by atoms with Crippen LogP contribution in [0.5, 0.6) is 11.5 Å². The molecule has 0 aliphatic carbocycles. The molecule has 2 aromatic carbocycles. The van der Waals surface area contributed by atoms with Gasteiger partial charge >= 0.3 is 0 Å². The van der Waals surface area contributed by atoms with Gasteiger partial charge in [0.2, 0.25) is 18.6 Å². The van der Waals surface area contributed by atoms with E-state index >= 15 is 0 Å². The van der Waals surface area contributed by atoms with Gasteiger partial charge in [-0.3, -0.25) is 9.59 Å². The lowest BCUT2D eigenvalue weighted by Crippen LogP contribution is -2.47. The average molecular weight is 475 g/mol. The second kappa shape index (κ2) is 10.5. The van der Waals surface area contributed by atoms with Crippen LogP contribution < -0.4 is 14.8 Å². The fourth-order valence-corrected chi connectivity index (χ4v) is 3.52. The lowest BCUT2D eigenvalue weighted by Gasteiger charge is -2.29. The van der Waals surface area contributed by atoms with Gasteiger partial charge in [0, 0.05) is 24.0 Å². The molecule has 0 spiro atoms. The first-order chi connectivity index (χ1) is 14.5. The maximum absolute atomic E-state index is 13.1. The highest BCUT2D eigenvalue weighted by Crippen LogP contribution is 2.32. The van der Waals surface area contributed by atoms with Crippen LogP contribution in [0, 0.1) is 0 Å². The summed E-state index contributed by atoms with van der Waals surface area (Å²) < 4.78 is 11.7. The van der Waals surface area contributed by atoms with Gasteiger partial charge < -0.3 is 19.7 Å². The van der Waals surface area contributed by atoms with Crippen LogP contribution in [0.15, 0.2) is 46.9 Å². The number of rotatable bonds is 9. The summed E-state index contributed by atoms with van der Waals surface area (Å²) in [5, 5.41) is 2.89. The number of nitrogens with one attached hydrogen (secondary N) is 1. The van der Waals surface area contributed by atoms with Crippen molar-refractivity contribution in [2.24, 2.45) is 0 Å². The number of hydrogen-bond acceptors (Lipinski definition) is 4. The Hall–Kier alpha value is -2.54. The zero-order valence-electron chi connectivity index (χ0n) is 17.3. The van der Waals surface area contributed by atoms with Gasteiger partial charge in [0.1, 0.15) is 6.04 Å². The summed E-state index contributed by atoms with van der Waals surface area (Å²) in [4.78, 5) is 27.3. The van der Waals surface area contributed by atoms with E-state index in [1.165, 1.54) is 0 Å². The van der Waals surface area contributed by atoms with E-state index in [9.17, 15) is 9.59 Å². The summed E-state index contributed by atoms with van der Waals surface area (Å²) >= 11 is 3.43. The zero-order chi connectivity index (χ0) is 21.5. The molecule has 0 saturated carbocycles. The van der Waals surface area contributed by atoms with E-state index in [1.54, 1.807) is 11.8 Å². The summed E-state index contributed by atoms with van der Waals surface area (Å²) in [6.07, 6.45) is 1.72. The van der Waals surface area contributed by atoms with Crippen LogP contribution in [0.1, 0.15) is 37.8 Å². The second-order valence-electron chi connectivity index (χ2n) is 7.30. The Bertz CT molecular complexity index is 885. The molecule has 1 N–H and O–H groups in total. The summed E-state index contributed by atoms with van der Waals surface area (Å²) in [6.45, 7) is 4.99. The molecule has 30 heavy (non-hydrogen) atoms. The van der Waals surface area contributed by atoms with Gasteiger partial charge in [-0.25, -0.2) is 0 Å². The number of nitrogens with zero attached hydrogens (tertiary/aromatic N) is 1. The maximum Gasteiger partial charge on any atom is 0.242 e. The first kappa shape index (κ1) is 22.2. The van der Waals surface area contributed by atoms with Crippen LogP contribution in [0.2, 0.25) is 0 Å². The van der Waals surface area contributed by atoms with Gasteiger partial charge in [-0.1, -0.05) is 41.1 Å². The molecule has 7 heteroatoms. The molecule has 2 amide bonds. The minimum Gasteiger partial charge on any atom is -0.454 e. The molecule has 0 aromatic heterocycles. The van der Waals surface area contributed by atoms with Crippen molar-refractivity contribution < 1.29 is 19.1 Å². The van der Waals surface area contributed by atoms with E-state index < -0.39 is 6.04 Å². The first-order valence-corrected chi connectivity index (χ1v) is 11.0. The van der Waals surface area contributed by atoms with E-state index in [2.05, 4.69) is 21.2 Å². The number of carbonyl (C=O) groups excluding carboxylic acids is 2. The summed E-state index contributed by atoms with van der Waals surface area (Å²) in [5.74, 6) is 1.24. The van der Waals surface area contributed by atoms with Crippen molar-refractivity contribution in [1.82, 2.24) is 10.2 Å². The van der Waals surface area contributed by atoms with Crippen molar-refractivity contribution in [3.05, 3.63) is 58.1 Å². The Labute approximate surface area is 185 Å². The second-order valence-corrected chi connectivity index (χ2v) is 8.22. The lowest BCUT2D eigenvalue weighted by atomic mass is 10.1. The van der Waals surface area contributed by atoms with Gasteiger partial charge in [0.25, 0.3) is 0 Å². The van der Waals surface area contributed by atoms with Crippen LogP contribution in [-0.2, 0) is 22.6 Å². The Morgan fingerprint density at radius 2 is 1.80 bits per heavy atom. The molecule has 1 heterocycles. The molecule has 1 aliphatic rings. The van der Waals surface area contributed by atoms with Crippen LogP contribution in [0.4, 0.5) is 0 Å². The molecular formula is C23H27BrN2O4. The van der Waals surface area contributed by atoms with E-state index in [1.807, 2.05) is 49.4 Å². The van der Waals surface area contributed by atoms with Crippen molar-refractivity contribution in [1.29, 1.82) is 0 Å². The highest BCUT2D eigenvalue weighted by Gasteiger charge is 2.26. The molecule has 0 radical (unpaired) electrons. The molecule has 0 saturated heterocycles. The zero-order valence-corrected chi connectivity index (χ0v) is 18.9. The number of fused-ring (bicyclic) bond motifs is 1. The molecule has 2 aromatic rings. The number of halogens is 1. The third-order valence-corrected chi connectivity index (χ3v) is 5.58. The number of benzene rings is 2. The largest absolute Gasteiger partial charge is 0.454 e. The molecule has 0 fully saturated rings. The average Bonchev–Trinajstić information content (AvgIpc) is 3.22. The van der Waals surface area contributed by atoms with Crippen molar-refractivity contribution in [3.63, 3.8) is 0 Å².